The zero-order valence-corrected chi connectivity index (χ0v) is 17.7. The van der Waals surface area contributed by atoms with Crippen LogP contribution in [0.25, 0.3) is 0 Å². The van der Waals surface area contributed by atoms with Crippen LogP contribution in [0, 0.1) is 0 Å². The number of rotatable bonds is 4. The van der Waals surface area contributed by atoms with Crippen LogP contribution < -0.4 is 0 Å². The van der Waals surface area contributed by atoms with Crippen molar-refractivity contribution in [2.45, 2.75) is 76.7 Å². The van der Waals surface area contributed by atoms with Crippen molar-refractivity contribution in [1.29, 1.82) is 0 Å². The molecular weight excluding hydrogens is 326 g/mol. The summed E-state index contributed by atoms with van der Waals surface area (Å²) in [6.45, 7) is 13.0. The van der Waals surface area contributed by atoms with Gasteiger partial charge in [-0.05, 0) is 58.4 Å². The fourth-order valence-corrected chi connectivity index (χ4v) is 3.46. The molecule has 0 bridgehead atoms. The number of aromatic nitrogens is 1. The third kappa shape index (κ3) is 4.84. The van der Waals surface area contributed by atoms with Crippen molar-refractivity contribution in [3.05, 3.63) is 46.6 Å². The van der Waals surface area contributed by atoms with Crippen molar-refractivity contribution >= 4 is 12.6 Å². The van der Waals surface area contributed by atoms with Crippen LogP contribution in [0.2, 0.25) is 0 Å². The molecule has 0 aliphatic heterocycles. The maximum atomic E-state index is 10.8. The van der Waals surface area contributed by atoms with Gasteiger partial charge in [-0.2, -0.15) is 0 Å². The molecule has 0 aliphatic carbocycles. The van der Waals surface area contributed by atoms with Crippen molar-refractivity contribution in [2.75, 3.05) is 0 Å². The third-order valence-corrected chi connectivity index (χ3v) is 5.20. The van der Waals surface area contributed by atoms with Gasteiger partial charge in [0.05, 0.1) is 5.03 Å². The molecule has 0 radical (unpaired) electrons. The largest absolute Gasteiger partial charge is 0.507 e. The van der Waals surface area contributed by atoms with Crippen LogP contribution in [0.15, 0.2) is 29.4 Å². The molecule has 0 atom stereocenters. The second-order valence-electron chi connectivity index (χ2n) is 9.21. The summed E-state index contributed by atoms with van der Waals surface area (Å²) in [5, 5.41) is 11.8. The predicted octanol–water partition coefficient (Wildman–Crippen LogP) is 5.79. The highest BCUT2D eigenvalue weighted by Crippen LogP contribution is 2.40. The van der Waals surface area contributed by atoms with E-state index in [0.29, 0.717) is 5.75 Å². The van der Waals surface area contributed by atoms with Gasteiger partial charge in [0.1, 0.15) is 5.75 Å². The van der Waals surface area contributed by atoms with Crippen LogP contribution in [0.4, 0.5) is 0 Å². The number of thiol groups is 1. The molecular formula is C22H33NOS. The molecule has 0 saturated carbocycles. The molecule has 0 aliphatic rings. The second-order valence-corrected chi connectivity index (χ2v) is 9.67. The van der Waals surface area contributed by atoms with Gasteiger partial charge in [0.2, 0.25) is 0 Å². The maximum Gasteiger partial charge on any atom is 0.123 e. The van der Waals surface area contributed by atoms with Crippen molar-refractivity contribution < 1.29 is 5.11 Å². The Hall–Kier alpha value is -1.35. The molecule has 1 aromatic carbocycles. The van der Waals surface area contributed by atoms with Crippen molar-refractivity contribution in [3.63, 3.8) is 0 Å². The van der Waals surface area contributed by atoms with E-state index in [9.17, 15) is 5.11 Å². The molecule has 0 saturated heterocycles. The van der Waals surface area contributed by atoms with Gasteiger partial charge in [0, 0.05) is 13.2 Å². The van der Waals surface area contributed by atoms with Crippen LogP contribution >= 0.6 is 12.6 Å². The number of hydrogen-bond donors (Lipinski definition) is 2. The zero-order chi connectivity index (χ0) is 19.0. The van der Waals surface area contributed by atoms with E-state index in [1.54, 1.807) is 0 Å². The second kappa shape index (κ2) is 7.11. The van der Waals surface area contributed by atoms with Crippen LogP contribution in [0.5, 0.6) is 5.75 Å². The molecule has 1 aromatic heterocycles. The first-order chi connectivity index (χ1) is 11.4. The minimum atomic E-state index is -0.0690. The van der Waals surface area contributed by atoms with Crippen LogP contribution in [0.1, 0.15) is 70.2 Å². The van der Waals surface area contributed by atoms with Gasteiger partial charge in [-0.15, -0.1) is 12.6 Å². The summed E-state index contributed by atoms with van der Waals surface area (Å²) in [6, 6.07) is 6.53. The average molecular weight is 360 g/mol. The van der Waals surface area contributed by atoms with E-state index in [2.05, 4.69) is 83.1 Å². The molecule has 3 heteroatoms. The summed E-state index contributed by atoms with van der Waals surface area (Å²) in [4.78, 5) is 0. The highest BCUT2D eigenvalue weighted by Gasteiger charge is 2.26. The quantitative estimate of drug-likeness (QED) is 0.664. The highest BCUT2D eigenvalue weighted by molar-refractivity contribution is 7.80. The Morgan fingerprint density at radius 3 is 1.76 bits per heavy atom. The minimum absolute atomic E-state index is 0.0690. The van der Waals surface area contributed by atoms with Crippen LogP contribution in [-0.2, 0) is 30.7 Å². The van der Waals surface area contributed by atoms with Gasteiger partial charge < -0.3 is 9.67 Å². The summed E-state index contributed by atoms with van der Waals surface area (Å²) >= 11 is 4.45. The van der Waals surface area contributed by atoms with Crippen LogP contribution in [0.3, 0.4) is 0 Å². The molecule has 2 rings (SSSR count). The Morgan fingerprint density at radius 1 is 0.880 bits per heavy atom. The summed E-state index contributed by atoms with van der Waals surface area (Å²) in [5.74, 6) is 0.464. The standard InChI is InChI=1S/C22H33NOS/c1-21(2,3)17-11-15(12-18(20(17)24)22(4,5)6)9-8-10-16-13-19(25)23(7)14-16/h11-14,24-25H,8-10H2,1-7H3. The Balaban J connectivity index is 2.25. The van der Waals surface area contributed by atoms with Gasteiger partial charge in [-0.1, -0.05) is 53.7 Å². The van der Waals surface area contributed by atoms with Gasteiger partial charge >= 0.3 is 0 Å². The van der Waals surface area contributed by atoms with Crippen molar-refractivity contribution in [2.24, 2.45) is 7.05 Å². The topological polar surface area (TPSA) is 25.2 Å². The number of hydrogen-bond acceptors (Lipinski definition) is 2. The Labute approximate surface area is 158 Å². The fourth-order valence-electron chi connectivity index (χ4n) is 3.24. The molecule has 2 nitrogen and oxygen atoms in total. The first kappa shape index (κ1) is 20.0. The molecule has 0 spiro atoms. The number of aromatic hydroxyl groups is 1. The lowest BCUT2D eigenvalue weighted by Crippen LogP contribution is -2.18. The normalized spacial score (nSPS) is 12.6. The SMILES string of the molecule is Cn1cc(CCCc2cc(C(C)(C)C)c(O)c(C(C)(C)C)c2)cc1S. The smallest absolute Gasteiger partial charge is 0.123 e. The van der Waals surface area contributed by atoms with Gasteiger partial charge in [0.25, 0.3) is 0 Å². The number of aryl methyl sites for hydroxylation is 3. The highest BCUT2D eigenvalue weighted by atomic mass is 32.1. The lowest BCUT2D eigenvalue weighted by atomic mass is 9.78. The van der Waals surface area contributed by atoms with E-state index in [1.807, 2.05) is 7.05 Å². The van der Waals surface area contributed by atoms with Gasteiger partial charge in [-0.25, -0.2) is 0 Å². The third-order valence-electron chi connectivity index (χ3n) is 4.75. The van der Waals surface area contributed by atoms with Crippen molar-refractivity contribution in [3.8, 4) is 5.75 Å². The van der Waals surface area contributed by atoms with Gasteiger partial charge in [-0.3, -0.25) is 0 Å². The monoisotopic (exact) mass is 359 g/mol. The molecule has 0 unspecified atom stereocenters. The molecule has 25 heavy (non-hydrogen) atoms. The van der Waals surface area contributed by atoms with E-state index in [1.165, 1.54) is 11.1 Å². The lowest BCUT2D eigenvalue weighted by Gasteiger charge is -2.28. The van der Waals surface area contributed by atoms with E-state index in [4.69, 9.17) is 0 Å². The number of benzene rings is 1. The number of nitrogens with zero attached hydrogens (tertiary/aromatic N) is 1. The van der Waals surface area contributed by atoms with Crippen LogP contribution in [-0.4, -0.2) is 9.67 Å². The van der Waals surface area contributed by atoms with E-state index in [0.717, 1.165) is 35.4 Å². The summed E-state index contributed by atoms with van der Waals surface area (Å²) in [6.07, 6.45) is 5.31. The Morgan fingerprint density at radius 2 is 1.36 bits per heavy atom. The average Bonchev–Trinajstić information content (AvgIpc) is 2.76. The molecule has 2 aromatic rings. The molecule has 1 N–H and O–H groups in total. The molecule has 1 heterocycles. The number of phenols is 1. The molecule has 138 valence electrons. The zero-order valence-electron chi connectivity index (χ0n) is 16.8. The van der Waals surface area contributed by atoms with Crippen molar-refractivity contribution in [1.82, 2.24) is 4.57 Å². The van der Waals surface area contributed by atoms with E-state index >= 15 is 0 Å². The molecule has 0 fully saturated rings. The minimum Gasteiger partial charge on any atom is -0.507 e. The first-order valence-corrected chi connectivity index (χ1v) is 9.55. The predicted molar refractivity (Wildman–Crippen MR) is 110 cm³/mol. The Bertz CT molecular complexity index is 690. The first-order valence-electron chi connectivity index (χ1n) is 9.10. The van der Waals surface area contributed by atoms with E-state index < -0.39 is 0 Å². The fraction of sp³-hybridized carbons (Fsp3) is 0.545. The van der Waals surface area contributed by atoms with Gasteiger partial charge in [0.15, 0.2) is 0 Å². The summed E-state index contributed by atoms with van der Waals surface area (Å²) in [7, 11) is 2.02. The maximum absolute atomic E-state index is 10.8. The Kier molecular flexibility index (Phi) is 5.68. The number of phenolic OH excluding ortho intramolecular Hbond substituents is 1. The molecule has 0 amide bonds. The van der Waals surface area contributed by atoms with E-state index in [-0.39, 0.29) is 10.8 Å². The summed E-state index contributed by atoms with van der Waals surface area (Å²) < 4.78 is 2.05. The lowest BCUT2D eigenvalue weighted by molar-refractivity contribution is 0.422. The summed E-state index contributed by atoms with van der Waals surface area (Å²) in [5.41, 5.74) is 4.61.